The SMILES string of the molecule is O=C(Cl)N1CC2=CN(Cc3ccc(N4CCOCC4)cc3C(F)(F)F)CC2C1. The number of fused-ring (bicyclic) bond motifs is 1. The van der Waals surface area contributed by atoms with Gasteiger partial charge in [0.2, 0.25) is 0 Å². The maximum atomic E-state index is 13.7. The van der Waals surface area contributed by atoms with Crippen LogP contribution in [-0.4, -0.2) is 61.1 Å². The molecule has 9 heteroatoms. The normalized spacial score (nSPS) is 22.5. The van der Waals surface area contributed by atoms with Gasteiger partial charge in [0.1, 0.15) is 0 Å². The second kappa shape index (κ2) is 7.48. The molecule has 2 saturated heterocycles. The van der Waals surface area contributed by atoms with Crippen molar-refractivity contribution in [2.75, 3.05) is 50.8 Å². The van der Waals surface area contributed by atoms with Crippen molar-refractivity contribution in [1.29, 1.82) is 0 Å². The molecule has 152 valence electrons. The van der Waals surface area contributed by atoms with Crippen LogP contribution in [0.3, 0.4) is 0 Å². The van der Waals surface area contributed by atoms with Crippen LogP contribution >= 0.6 is 11.6 Å². The van der Waals surface area contributed by atoms with Gasteiger partial charge in [-0.3, -0.25) is 4.79 Å². The van der Waals surface area contributed by atoms with E-state index in [0.717, 1.165) is 5.57 Å². The van der Waals surface area contributed by atoms with Crippen molar-refractivity contribution in [1.82, 2.24) is 9.80 Å². The van der Waals surface area contributed by atoms with Crippen LogP contribution in [0, 0.1) is 5.92 Å². The number of nitrogens with zero attached hydrogens (tertiary/aromatic N) is 3. The highest BCUT2D eigenvalue weighted by Gasteiger charge is 2.37. The zero-order valence-electron chi connectivity index (χ0n) is 15.2. The number of carbonyl (C=O) groups excluding carboxylic acids is 1. The number of rotatable bonds is 3. The van der Waals surface area contributed by atoms with E-state index in [-0.39, 0.29) is 18.0 Å². The van der Waals surface area contributed by atoms with Gasteiger partial charge in [0.25, 0.3) is 0 Å². The van der Waals surface area contributed by atoms with E-state index in [1.165, 1.54) is 6.07 Å². The number of halogens is 4. The largest absolute Gasteiger partial charge is 0.416 e. The molecule has 1 aromatic rings. The summed E-state index contributed by atoms with van der Waals surface area (Å²) in [4.78, 5) is 16.6. The summed E-state index contributed by atoms with van der Waals surface area (Å²) in [6.45, 7) is 3.98. The first-order valence-corrected chi connectivity index (χ1v) is 9.61. The predicted molar refractivity (Wildman–Crippen MR) is 99.3 cm³/mol. The van der Waals surface area contributed by atoms with Crippen LogP contribution in [0.5, 0.6) is 0 Å². The smallest absolute Gasteiger partial charge is 0.378 e. The summed E-state index contributed by atoms with van der Waals surface area (Å²) >= 11 is 5.52. The first-order valence-electron chi connectivity index (χ1n) is 9.23. The number of ether oxygens (including phenoxy) is 1. The predicted octanol–water partition coefficient (Wildman–Crippen LogP) is 3.53. The Morgan fingerprint density at radius 2 is 1.96 bits per heavy atom. The van der Waals surface area contributed by atoms with E-state index < -0.39 is 17.1 Å². The number of carbonyl (C=O) groups is 1. The molecular formula is C19H21ClF3N3O2. The average molecular weight is 416 g/mol. The number of morpholine rings is 1. The Morgan fingerprint density at radius 1 is 1.21 bits per heavy atom. The fraction of sp³-hybridized carbons (Fsp3) is 0.526. The number of anilines is 1. The second-order valence-corrected chi connectivity index (χ2v) is 7.73. The van der Waals surface area contributed by atoms with E-state index in [4.69, 9.17) is 16.3 Å². The number of benzene rings is 1. The third-order valence-corrected chi connectivity index (χ3v) is 5.78. The summed E-state index contributed by atoms with van der Waals surface area (Å²) in [7, 11) is 0. The Morgan fingerprint density at radius 3 is 2.61 bits per heavy atom. The van der Waals surface area contributed by atoms with Crippen molar-refractivity contribution < 1.29 is 22.7 Å². The van der Waals surface area contributed by atoms with Gasteiger partial charge < -0.3 is 19.4 Å². The molecule has 5 nitrogen and oxygen atoms in total. The van der Waals surface area contributed by atoms with Gasteiger partial charge in [-0.1, -0.05) is 6.07 Å². The lowest BCUT2D eigenvalue weighted by atomic mass is 10.0. The molecule has 4 rings (SSSR count). The summed E-state index contributed by atoms with van der Waals surface area (Å²) in [5.41, 5.74) is 1.29. The van der Waals surface area contributed by atoms with Crippen LogP contribution < -0.4 is 4.90 Å². The summed E-state index contributed by atoms with van der Waals surface area (Å²) in [5.74, 6) is 0.143. The first-order chi connectivity index (χ1) is 13.3. The van der Waals surface area contributed by atoms with Crippen molar-refractivity contribution in [3.05, 3.63) is 41.1 Å². The lowest BCUT2D eigenvalue weighted by molar-refractivity contribution is -0.138. The van der Waals surface area contributed by atoms with Crippen LogP contribution in [0.25, 0.3) is 0 Å². The molecule has 2 fully saturated rings. The van der Waals surface area contributed by atoms with Crippen LogP contribution in [0.15, 0.2) is 30.0 Å². The van der Waals surface area contributed by atoms with Gasteiger partial charge in [0.15, 0.2) is 0 Å². The van der Waals surface area contributed by atoms with Gasteiger partial charge in [-0.2, -0.15) is 13.2 Å². The molecule has 28 heavy (non-hydrogen) atoms. The summed E-state index contributed by atoms with van der Waals surface area (Å²) in [5, 5.41) is -0.486. The summed E-state index contributed by atoms with van der Waals surface area (Å²) in [6.07, 6.45) is -2.54. The maximum absolute atomic E-state index is 13.7. The molecule has 3 heterocycles. The minimum atomic E-state index is -4.41. The quantitative estimate of drug-likeness (QED) is 0.559. The Hall–Kier alpha value is -1.93. The van der Waals surface area contributed by atoms with Gasteiger partial charge in [-0.15, -0.1) is 0 Å². The third-order valence-electron chi connectivity index (χ3n) is 5.54. The zero-order valence-corrected chi connectivity index (χ0v) is 16.0. The number of likely N-dealkylation sites (tertiary alicyclic amines) is 1. The molecule has 1 atom stereocenters. The Kier molecular flexibility index (Phi) is 5.18. The standard InChI is InChI=1S/C19H21ClF3N3O2/c20-18(27)26-11-14-9-24(10-15(14)12-26)8-13-1-2-16(7-17(13)19(21,22)23)25-3-5-28-6-4-25/h1-2,7,9,15H,3-6,8,10-12H2. The fourth-order valence-electron chi connectivity index (χ4n) is 4.14. The van der Waals surface area contributed by atoms with Crippen LogP contribution in [0.2, 0.25) is 0 Å². The van der Waals surface area contributed by atoms with Crippen molar-refractivity contribution in [2.45, 2.75) is 12.7 Å². The summed E-state index contributed by atoms with van der Waals surface area (Å²) in [6, 6.07) is 4.58. The third kappa shape index (κ3) is 3.93. The van der Waals surface area contributed by atoms with Crippen LogP contribution in [-0.2, 0) is 17.5 Å². The molecule has 0 aromatic heterocycles. The van der Waals surface area contributed by atoms with E-state index in [9.17, 15) is 18.0 Å². The first kappa shape index (κ1) is 19.4. The molecule has 3 aliphatic rings. The van der Waals surface area contributed by atoms with Gasteiger partial charge in [0.05, 0.1) is 18.8 Å². The van der Waals surface area contributed by atoms with Crippen molar-refractivity contribution in [3.8, 4) is 0 Å². The highest BCUT2D eigenvalue weighted by Crippen LogP contribution is 2.37. The molecular weight excluding hydrogens is 395 g/mol. The Labute approximate surface area is 166 Å². The van der Waals surface area contributed by atoms with Crippen molar-refractivity contribution in [2.24, 2.45) is 5.92 Å². The minimum absolute atomic E-state index is 0.143. The molecule has 3 aliphatic heterocycles. The minimum Gasteiger partial charge on any atom is -0.378 e. The molecule has 0 spiro atoms. The molecule has 0 saturated carbocycles. The zero-order chi connectivity index (χ0) is 19.9. The molecule has 1 aromatic carbocycles. The van der Waals surface area contributed by atoms with Gasteiger partial charge >= 0.3 is 11.5 Å². The van der Waals surface area contributed by atoms with Crippen molar-refractivity contribution in [3.63, 3.8) is 0 Å². The Balaban J connectivity index is 1.52. The number of alkyl halides is 3. The topological polar surface area (TPSA) is 36.0 Å². The highest BCUT2D eigenvalue weighted by atomic mass is 35.5. The van der Waals surface area contributed by atoms with E-state index in [0.29, 0.717) is 51.6 Å². The molecule has 0 radical (unpaired) electrons. The fourth-order valence-corrected chi connectivity index (χ4v) is 4.26. The van der Waals surface area contributed by atoms with Crippen molar-refractivity contribution >= 4 is 22.7 Å². The number of hydrogen-bond donors (Lipinski definition) is 0. The monoisotopic (exact) mass is 415 g/mol. The van der Waals surface area contributed by atoms with E-state index in [1.807, 2.05) is 16.0 Å². The average Bonchev–Trinajstić information content (AvgIpc) is 3.20. The van der Waals surface area contributed by atoms with Crippen LogP contribution in [0.1, 0.15) is 11.1 Å². The molecule has 1 unspecified atom stereocenters. The Bertz CT molecular complexity index is 793. The highest BCUT2D eigenvalue weighted by molar-refractivity contribution is 6.62. The molecule has 0 N–H and O–H groups in total. The lowest BCUT2D eigenvalue weighted by Crippen LogP contribution is -2.36. The van der Waals surface area contributed by atoms with E-state index in [2.05, 4.69) is 0 Å². The van der Waals surface area contributed by atoms with Crippen LogP contribution in [0.4, 0.5) is 23.7 Å². The molecule has 1 amide bonds. The lowest BCUT2D eigenvalue weighted by Gasteiger charge is -2.30. The second-order valence-electron chi connectivity index (χ2n) is 7.40. The maximum Gasteiger partial charge on any atom is 0.416 e. The van der Waals surface area contributed by atoms with Gasteiger partial charge in [-0.05, 0) is 34.9 Å². The van der Waals surface area contributed by atoms with Gasteiger partial charge in [-0.25, -0.2) is 0 Å². The number of amides is 1. The number of hydrogen-bond acceptors (Lipinski definition) is 4. The van der Waals surface area contributed by atoms with E-state index in [1.54, 1.807) is 17.0 Å². The van der Waals surface area contributed by atoms with Gasteiger partial charge in [0, 0.05) is 57.1 Å². The van der Waals surface area contributed by atoms with E-state index >= 15 is 0 Å². The summed E-state index contributed by atoms with van der Waals surface area (Å²) < 4.78 is 46.4. The molecule has 0 aliphatic carbocycles. The molecule has 0 bridgehead atoms.